The summed E-state index contributed by atoms with van der Waals surface area (Å²) in [6, 6.07) is 17.7. The Morgan fingerprint density at radius 3 is 2.55 bits per heavy atom. The summed E-state index contributed by atoms with van der Waals surface area (Å²) < 4.78 is 17.2. The number of hydrogen-bond donors (Lipinski definition) is 1. The Kier molecular flexibility index (Phi) is 7.32. The number of rotatable bonds is 8. The predicted molar refractivity (Wildman–Crippen MR) is 144 cm³/mol. The number of thioether (sulfide) groups is 1. The summed E-state index contributed by atoms with van der Waals surface area (Å²) in [7, 11) is 1.29. The van der Waals surface area contributed by atoms with Crippen molar-refractivity contribution in [1.29, 1.82) is 0 Å². The molecule has 1 N–H and O–H groups in total. The summed E-state index contributed by atoms with van der Waals surface area (Å²) in [5, 5.41) is 3.57. The van der Waals surface area contributed by atoms with Crippen LogP contribution in [0.15, 0.2) is 70.6 Å². The highest BCUT2D eigenvalue weighted by molar-refractivity contribution is 7.99. The fraction of sp³-hybridized carbons (Fsp3) is 0.214. The minimum Gasteiger partial charge on any atom is -0.465 e. The first-order valence-corrected chi connectivity index (χ1v) is 13.0. The van der Waals surface area contributed by atoms with E-state index in [4.69, 9.17) is 14.2 Å². The second-order valence-electron chi connectivity index (χ2n) is 8.58. The average Bonchev–Trinajstić information content (AvgIpc) is 3.41. The minimum absolute atomic E-state index is 0.0330. The molecule has 0 saturated carbocycles. The van der Waals surface area contributed by atoms with Crippen LogP contribution in [0.5, 0.6) is 11.5 Å². The van der Waals surface area contributed by atoms with Gasteiger partial charge in [-0.1, -0.05) is 36.9 Å². The van der Waals surface area contributed by atoms with Gasteiger partial charge in [-0.05, 0) is 60.0 Å². The van der Waals surface area contributed by atoms with Gasteiger partial charge in [-0.15, -0.1) is 0 Å². The molecule has 1 aromatic heterocycles. The van der Waals surface area contributed by atoms with Crippen molar-refractivity contribution in [3.8, 4) is 11.5 Å². The lowest BCUT2D eigenvalue weighted by molar-refractivity contribution is -0.113. The van der Waals surface area contributed by atoms with Gasteiger partial charge < -0.3 is 19.5 Å². The highest BCUT2D eigenvalue weighted by Gasteiger charge is 2.18. The molecule has 0 unspecified atom stereocenters. The summed E-state index contributed by atoms with van der Waals surface area (Å²) in [4.78, 5) is 43.0. The van der Waals surface area contributed by atoms with Crippen LogP contribution in [0.25, 0.3) is 10.9 Å². The molecule has 10 heteroatoms. The van der Waals surface area contributed by atoms with E-state index < -0.39 is 5.97 Å². The molecule has 1 amide bonds. The SMILES string of the molecule is CCc1ccc(NC(=O)CSc2nc3cc(C(=O)OC)ccc3c(=O)n2Cc2ccc3c(c2)OCO3)cc1. The molecule has 4 aromatic rings. The van der Waals surface area contributed by atoms with E-state index in [-0.39, 0.29) is 36.1 Å². The zero-order chi connectivity index (χ0) is 26.6. The van der Waals surface area contributed by atoms with Gasteiger partial charge in [0, 0.05) is 5.69 Å². The van der Waals surface area contributed by atoms with E-state index in [2.05, 4.69) is 17.2 Å². The van der Waals surface area contributed by atoms with Gasteiger partial charge >= 0.3 is 5.97 Å². The van der Waals surface area contributed by atoms with E-state index in [1.165, 1.54) is 29.4 Å². The van der Waals surface area contributed by atoms with Crippen LogP contribution < -0.4 is 20.3 Å². The van der Waals surface area contributed by atoms with Crippen LogP contribution in [-0.4, -0.2) is 41.1 Å². The quantitative estimate of drug-likeness (QED) is 0.204. The number of esters is 1. The normalized spacial score (nSPS) is 11.9. The second-order valence-corrected chi connectivity index (χ2v) is 9.53. The molecule has 0 aliphatic carbocycles. The van der Waals surface area contributed by atoms with Crippen molar-refractivity contribution in [3.05, 3.63) is 87.7 Å². The van der Waals surface area contributed by atoms with E-state index in [0.717, 1.165) is 23.7 Å². The molecule has 0 atom stereocenters. The van der Waals surface area contributed by atoms with Gasteiger partial charge in [0.15, 0.2) is 16.7 Å². The molecule has 3 aromatic carbocycles. The summed E-state index contributed by atoms with van der Waals surface area (Å²) in [6.07, 6.45) is 0.913. The van der Waals surface area contributed by atoms with E-state index in [1.807, 2.05) is 36.4 Å². The number of nitrogens with one attached hydrogen (secondary N) is 1. The standard InChI is InChI=1S/C28H25N3O6S/c1-3-17-4-8-20(9-5-17)29-25(32)15-38-28-30-22-13-19(27(34)35-2)7-10-21(22)26(33)31(28)14-18-6-11-23-24(12-18)37-16-36-23/h4-13H,3,14-16H2,1-2H3,(H,29,32). The van der Waals surface area contributed by atoms with Crippen molar-refractivity contribution in [1.82, 2.24) is 9.55 Å². The van der Waals surface area contributed by atoms with E-state index in [9.17, 15) is 14.4 Å². The Labute approximate surface area is 222 Å². The Morgan fingerprint density at radius 1 is 1.03 bits per heavy atom. The third kappa shape index (κ3) is 5.35. The Morgan fingerprint density at radius 2 is 1.79 bits per heavy atom. The van der Waals surface area contributed by atoms with Crippen LogP contribution in [0.1, 0.15) is 28.4 Å². The van der Waals surface area contributed by atoms with E-state index >= 15 is 0 Å². The van der Waals surface area contributed by atoms with Gasteiger partial charge in [0.2, 0.25) is 12.7 Å². The number of carbonyl (C=O) groups excluding carboxylic acids is 2. The molecule has 194 valence electrons. The van der Waals surface area contributed by atoms with Gasteiger partial charge in [0.1, 0.15) is 0 Å². The molecule has 0 bridgehead atoms. The van der Waals surface area contributed by atoms with Gasteiger partial charge in [-0.3, -0.25) is 14.2 Å². The lowest BCUT2D eigenvalue weighted by Crippen LogP contribution is -2.25. The zero-order valence-corrected chi connectivity index (χ0v) is 21.7. The number of amides is 1. The third-order valence-corrected chi connectivity index (χ3v) is 7.07. The van der Waals surface area contributed by atoms with Gasteiger partial charge in [-0.25, -0.2) is 9.78 Å². The Balaban J connectivity index is 1.46. The number of anilines is 1. The lowest BCUT2D eigenvalue weighted by Gasteiger charge is -2.14. The molecule has 0 saturated heterocycles. The van der Waals surface area contributed by atoms with Crippen molar-refractivity contribution in [2.24, 2.45) is 0 Å². The van der Waals surface area contributed by atoms with Crippen LogP contribution >= 0.6 is 11.8 Å². The molecule has 0 radical (unpaired) electrons. The molecular formula is C28H25N3O6S. The lowest BCUT2D eigenvalue weighted by atomic mass is 10.1. The molecular weight excluding hydrogens is 506 g/mol. The van der Waals surface area contributed by atoms with Crippen molar-refractivity contribution in [2.75, 3.05) is 25.0 Å². The fourth-order valence-electron chi connectivity index (χ4n) is 4.07. The van der Waals surface area contributed by atoms with Gasteiger partial charge in [-0.2, -0.15) is 0 Å². The molecule has 2 heterocycles. The smallest absolute Gasteiger partial charge is 0.337 e. The van der Waals surface area contributed by atoms with Crippen molar-refractivity contribution >= 4 is 40.2 Å². The Bertz CT molecular complexity index is 1580. The number of methoxy groups -OCH3 is 1. The first-order valence-electron chi connectivity index (χ1n) is 12.0. The first-order chi connectivity index (χ1) is 18.4. The van der Waals surface area contributed by atoms with Crippen molar-refractivity contribution in [2.45, 2.75) is 25.0 Å². The number of benzene rings is 3. The summed E-state index contributed by atoms with van der Waals surface area (Å²) >= 11 is 1.14. The molecule has 0 spiro atoms. The second kappa shape index (κ2) is 11.0. The number of hydrogen-bond acceptors (Lipinski definition) is 8. The third-order valence-electron chi connectivity index (χ3n) is 6.10. The minimum atomic E-state index is -0.527. The number of aryl methyl sites for hydroxylation is 1. The summed E-state index contributed by atoms with van der Waals surface area (Å²) in [5.41, 5.74) is 3.02. The maximum absolute atomic E-state index is 13.6. The van der Waals surface area contributed by atoms with Crippen LogP contribution in [0.4, 0.5) is 5.69 Å². The van der Waals surface area contributed by atoms with Crippen LogP contribution in [-0.2, 0) is 22.5 Å². The van der Waals surface area contributed by atoms with Crippen molar-refractivity contribution in [3.63, 3.8) is 0 Å². The van der Waals surface area contributed by atoms with Gasteiger partial charge in [0.25, 0.3) is 5.56 Å². The molecule has 1 aliphatic rings. The average molecular weight is 532 g/mol. The molecule has 38 heavy (non-hydrogen) atoms. The maximum atomic E-state index is 13.6. The van der Waals surface area contributed by atoms with Crippen LogP contribution in [0, 0.1) is 0 Å². The topological polar surface area (TPSA) is 109 Å². The van der Waals surface area contributed by atoms with Crippen LogP contribution in [0.3, 0.4) is 0 Å². The van der Waals surface area contributed by atoms with Gasteiger partial charge in [0.05, 0.1) is 35.9 Å². The first kappa shape index (κ1) is 25.3. The van der Waals surface area contributed by atoms with Crippen molar-refractivity contribution < 1.29 is 23.8 Å². The largest absolute Gasteiger partial charge is 0.465 e. The monoisotopic (exact) mass is 531 g/mol. The fourth-order valence-corrected chi connectivity index (χ4v) is 4.87. The highest BCUT2D eigenvalue weighted by atomic mass is 32.2. The Hall–Kier alpha value is -4.31. The maximum Gasteiger partial charge on any atom is 0.337 e. The zero-order valence-electron chi connectivity index (χ0n) is 20.9. The van der Waals surface area contributed by atoms with E-state index in [0.29, 0.717) is 33.2 Å². The number of aromatic nitrogens is 2. The number of nitrogens with zero attached hydrogens (tertiary/aromatic N) is 2. The number of fused-ring (bicyclic) bond motifs is 2. The molecule has 9 nitrogen and oxygen atoms in total. The van der Waals surface area contributed by atoms with Crippen LogP contribution in [0.2, 0.25) is 0 Å². The summed E-state index contributed by atoms with van der Waals surface area (Å²) in [5.74, 6) is 0.527. The summed E-state index contributed by atoms with van der Waals surface area (Å²) in [6.45, 7) is 2.42. The van der Waals surface area contributed by atoms with E-state index in [1.54, 1.807) is 12.1 Å². The molecule has 5 rings (SSSR count). The molecule has 0 fully saturated rings. The highest BCUT2D eigenvalue weighted by Crippen LogP contribution is 2.33. The number of carbonyl (C=O) groups is 2. The number of ether oxygens (including phenoxy) is 3. The molecule has 1 aliphatic heterocycles. The predicted octanol–water partition coefficient (Wildman–Crippen LogP) is 4.25.